The van der Waals surface area contributed by atoms with Crippen LogP contribution in [0.2, 0.25) is 0 Å². The molecule has 1 aromatic heterocycles. The predicted octanol–water partition coefficient (Wildman–Crippen LogP) is 2.90. The van der Waals surface area contributed by atoms with E-state index in [9.17, 15) is 8.42 Å². The Morgan fingerprint density at radius 3 is 2.52 bits per heavy atom. The van der Waals surface area contributed by atoms with Crippen LogP contribution < -0.4 is 10.1 Å². The Labute approximate surface area is 146 Å². The summed E-state index contributed by atoms with van der Waals surface area (Å²) in [5.74, 6) is 0. The van der Waals surface area contributed by atoms with Crippen LogP contribution in [-0.2, 0) is 10.0 Å². The van der Waals surface area contributed by atoms with Crippen LogP contribution in [0, 0.1) is 6.92 Å². The molecule has 0 aliphatic rings. The summed E-state index contributed by atoms with van der Waals surface area (Å²) in [6.45, 7) is 1.91. The van der Waals surface area contributed by atoms with Gasteiger partial charge in [0.05, 0.1) is 28.0 Å². The number of fused-ring (bicyclic) bond motifs is 1. The Kier molecular flexibility index (Phi) is 4.67. The Hall–Kier alpha value is -2.93. The first-order valence-electron chi connectivity index (χ1n) is 7.69. The molecule has 0 saturated heterocycles. The molecule has 0 radical (unpaired) electrons. The summed E-state index contributed by atoms with van der Waals surface area (Å²) in [5.41, 5.74) is 5.29. The molecule has 3 rings (SSSR count). The van der Waals surface area contributed by atoms with Crippen molar-refractivity contribution in [1.82, 2.24) is 10.4 Å². The average Bonchev–Trinajstić information content (AvgIpc) is 2.60. The van der Waals surface area contributed by atoms with Gasteiger partial charge >= 0.3 is 0 Å². The van der Waals surface area contributed by atoms with Gasteiger partial charge in [-0.15, -0.1) is 0 Å². The number of rotatable bonds is 5. The summed E-state index contributed by atoms with van der Waals surface area (Å²) in [4.78, 5) is 4.70. The van der Waals surface area contributed by atoms with Gasteiger partial charge in [-0.05, 0) is 31.2 Å². The first-order chi connectivity index (χ1) is 12.0. The number of pyridine rings is 1. The van der Waals surface area contributed by atoms with Gasteiger partial charge in [-0.1, -0.05) is 35.9 Å². The lowest BCUT2D eigenvalue weighted by Crippen LogP contribution is -2.13. The fraction of sp³-hybridized carbons (Fsp3) is 0.111. The Balaban J connectivity index is 2.02. The SMILES string of the molecule is CN/N=C/c1ccc2cccc(NS(=O)(=O)c3ccc(C)cc3)c2n1. The molecule has 3 aromatic rings. The number of aryl methyl sites for hydroxylation is 1. The number of para-hydroxylation sites is 1. The van der Waals surface area contributed by atoms with Gasteiger partial charge in [0.1, 0.15) is 0 Å². The third kappa shape index (κ3) is 3.77. The zero-order valence-electron chi connectivity index (χ0n) is 13.9. The van der Waals surface area contributed by atoms with E-state index in [0.717, 1.165) is 10.9 Å². The fourth-order valence-corrected chi connectivity index (χ4v) is 3.43. The molecule has 0 atom stereocenters. The van der Waals surface area contributed by atoms with E-state index < -0.39 is 10.0 Å². The van der Waals surface area contributed by atoms with Gasteiger partial charge in [-0.25, -0.2) is 13.4 Å². The minimum atomic E-state index is -3.69. The first-order valence-corrected chi connectivity index (χ1v) is 9.17. The number of benzene rings is 2. The molecule has 0 unspecified atom stereocenters. The van der Waals surface area contributed by atoms with Crippen LogP contribution in [0.3, 0.4) is 0 Å². The van der Waals surface area contributed by atoms with E-state index in [4.69, 9.17) is 0 Å². The molecule has 0 bridgehead atoms. The average molecular weight is 354 g/mol. The highest BCUT2D eigenvalue weighted by atomic mass is 32.2. The number of sulfonamides is 1. The third-order valence-electron chi connectivity index (χ3n) is 3.64. The maximum atomic E-state index is 12.6. The van der Waals surface area contributed by atoms with Crippen LogP contribution in [0.5, 0.6) is 0 Å². The molecule has 0 fully saturated rings. The smallest absolute Gasteiger partial charge is 0.261 e. The quantitative estimate of drug-likeness (QED) is 0.545. The molecule has 2 N–H and O–H groups in total. The van der Waals surface area contributed by atoms with E-state index >= 15 is 0 Å². The van der Waals surface area contributed by atoms with Gasteiger partial charge in [0.25, 0.3) is 10.0 Å². The van der Waals surface area contributed by atoms with Crippen molar-refractivity contribution in [3.05, 3.63) is 65.9 Å². The van der Waals surface area contributed by atoms with Crippen molar-refractivity contribution in [1.29, 1.82) is 0 Å². The predicted molar refractivity (Wildman–Crippen MR) is 100 cm³/mol. The van der Waals surface area contributed by atoms with Gasteiger partial charge in [-0.2, -0.15) is 5.10 Å². The fourth-order valence-electron chi connectivity index (χ4n) is 2.37. The highest BCUT2D eigenvalue weighted by Crippen LogP contribution is 2.24. The number of nitrogens with zero attached hydrogens (tertiary/aromatic N) is 2. The molecule has 6 nitrogen and oxygen atoms in total. The second kappa shape index (κ2) is 6.90. The van der Waals surface area contributed by atoms with E-state index in [1.807, 2.05) is 25.1 Å². The van der Waals surface area contributed by atoms with E-state index in [1.54, 1.807) is 49.7 Å². The number of anilines is 1. The number of hydrogen-bond acceptors (Lipinski definition) is 5. The van der Waals surface area contributed by atoms with E-state index in [1.165, 1.54) is 0 Å². The van der Waals surface area contributed by atoms with Crippen molar-refractivity contribution in [2.75, 3.05) is 11.8 Å². The summed E-state index contributed by atoms with van der Waals surface area (Å²) >= 11 is 0. The Morgan fingerprint density at radius 1 is 1.04 bits per heavy atom. The maximum absolute atomic E-state index is 12.6. The van der Waals surface area contributed by atoms with Gasteiger partial charge in [-0.3, -0.25) is 4.72 Å². The highest BCUT2D eigenvalue weighted by molar-refractivity contribution is 7.92. The lowest BCUT2D eigenvalue weighted by molar-refractivity contribution is 0.601. The van der Waals surface area contributed by atoms with Gasteiger partial charge in [0.15, 0.2) is 0 Å². The molecule has 128 valence electrons. The zero-order valence-corrected chi connectivity index (χ0v) is 14.7. The molecule has 1 heterocycles. The van der Waals surface area contributed by atoms with Gasteiger partial charge in [0, 0.05) is 12.4 Å². The molecular weight excluding hydrogens is 336 g/mol. The topological polar surface area (TPSA) is 83.5 Å². The second-order valence-electron chi connectivity index (χ2n) is 5.51. The van der Waals surface area contributed by atoms with E-state index in [2.05, 4.69) is 20.2 Å². The van der Waals surface area contributed by atoms with Gasteiger partial charge < -0.3 is 5.43 Å². The third-order valence-corrected chi connectivity index (χ3v) is 5.02. The summed E-state index contributed by atoms with van der Waals surface area (Å²) in [5, 5.41) is 4.77. The Bertz CT molecular complexity index is 1030. The lowest BCUT2D eigenvalue weighted by Gasteiger charge is -2.11. The second-order valence-corrected chi connectivity index (χ2v) is 7.20. The normalized spacial score (nSPS) is 11.8. The number of hydrogen-bond donors (Lipinski definition) is 2. The number of aromatic nitrogens is 1. The summed E-state index contributed by atoms with van der Waals surface area (Å²) in [7, 11) is -1.99. The van der Waals surface area contributed by atoms with Crippen LogP contribution in [0.1, 0.15) is 11.3 Å². The first kappa shape index (κ1) is 16.9. The summed E-state index contributed by atoms with van der Waals surface area (Å²) in [6, 6.07) is 15.8. The van der Waals surface area contributed by atoms with Crippen molar-refractivity contribution in [2.45, 2.75) is 11.8 Å². The van der Waals surface area contributed by atoms with Gasteiger partial charge in [0.2, 0.25) is 0 Å². The van der Waals surface area contributed by atoms with Crippen LogP contribution >= 0.6 is 0 Å². The standard InChI is InChI=1S/C18H18N4O2S/c1-13-6-10-16(11-7-13)25(23,24)22-17-5-3-4-14-8-9-15(12-20-19-2)21-18(14)17/h3-12,19,22H,1-2H3/b20-12+. The summed E-state index contributed by atoms with van der Waals surface area (Å²) < 4.78 is 27.9. The molecular formula is C18H18N4O2S. The lowest BCUT2D eigenvalue weighted by atomic mass is 10.2. The molecule has 0 amide bonds. The minimum absolute atomic E-state index is 0.211. The van der Waals surface area contributed by atoms with E-state index in [0.29, 0.717) is 16.9 Å². The molecule has 0 saturated carbocycles. The zero-order chi connectivity index (χ0) is 17.9. The van der Waals surface area contributed by atoms with Crippen LogP contribution in [0.25, 0.3) is 10.9 Å². The monoisotopic (exact) mass is 354 g/mol. The molecule has 0 spiro atoms. The van der Waals surface area contributed by atoms with E-state index in [-0.39, 0.29) is 4.90 Å². The van der Waals surface area contributed by atoms with Crippen LogP contribution in [0.15, 0.2) is 64.6 Å². The van der Waals surface area contributed by atoms with Crippen molar-refractivity contribution in [3.8, 4) is 0 Å². The van der Waals surface area contributed by atoms with Crippen molar-refractivity contribution in [2.24, 2.45) is 5.10 Å². The molecule has 7 heteroatoms. The van der Waals surface area contributed by atoms with Crippen molar-refractivity contribution < 1.29 is 8.42 Å². The largest absolute Gasteiger partial charge is 0.313 e. The molecule has 25 heavy (non-hydrogen) atoms. The van der Waals surface area contributed by atoms with Crippen LogP contribution in [0.4, 0.5) is 5.69 Å². The molecule has 2 aromatic carbocycles. The van der Waals surface area contributed by atoms with Crippen LogP contribution in [-0.4, -0.2) is 26.7 Å². The van der Waals surface area contributed by atoms with Crippen molar-refractivity contribution in [3.63, 3.8) is 0 Å². The number of nitrogens with one attached hydrogen (secondary N) is 2. The maximum Gasteiger partial charge on any atom is 0.261 e. The summed E-state index contributed by atoms with van der Waals surface area (Å²) in [6.07, 6.45) is 1.57. The molecule has 0 aliphatic heterocycles. The number of hydrazone groups is 1. The van der Waals surface area contributed by atoms with Crippen molar-refractivity contribution >= 4 is 32.8 Å². The highest BCUT2D eigenvalue weighted by Gasteiger charge is 2.15. The minimum Gasteiger partial charge on any atom is -0.313 e. The molecule has 0 aliphatic carbocycles. The Morgan fingerprint density at radius 2 is 1.80 bits per heavy atom.